The highest BCUT2D eigenvalue weighted by atomic mass is 16.3. The molecule has 0 heterocycles. The van der Waals surface area contributed by atoms with Gasteiger partial charge in [0, 0.05) is 6.61 Å². The molecule has 1 atom stereocenters. The fourth-order valence-corrected chi connectivity index (χ4v) is 0.760. The minimum absolute atomic E-state index is 0.254. The zero-order chi connectivity index (χ0) is 7.82. The molecule has 10 heavy (non-hydrogen) atoms. The third kappa shape index (κ3) is 5.79. The van der Waals surface area contributed by atoms with Crippen molar-refractivity contribution in [1.82, 2.24) is 0 Å². The molecule has 60 valence electrons. The summed E-state index contributed by atoms with van der Waals surface area (Å²) in [4.78, 5) is 0. The van der Waals surface area contributed by atoms with E-state index >= 15 is 0 Å². The molecule has 2 heteroatoms. The van der Waals surface area contributed by atoms with Crippen LogP contribution in [0.1, 0.15) is 25.7 Å². The number of aliphatic hydroxyl groups excluding tert-OH is 2. The average molecular weight is 144 g/mol. The maximum atomic E-state index is 8.98. The summed E-state index contributed by atoms with van der Waals surface area (Å²) >= 11 is 0. The summed E-state index contributed by atoms with van der Waals surface area (Å²) in [5.74, 6) is 0. The first-order valence-corrected chi connectivity index (χ1v) is 3.72. The lowest BCUT2D eigenvalue weighted by molar-refractivity contribution is 0.205. The molecule has 0 aliphatic heterocycles. The van der Waals surface area contributed by atoms with E-state index in [2.05, 4.69) is 6.58 Å². The molecule has 0 aromatic heterocycles. The first-order valence-electron chi connectivity index (χ1n) is 3.72. The van der Waals surface area contributed by atoms with E-state index in [9.17, 15) is 0 Å². The average Bonchev–Trinajstić information content (AvgIpc) is 1.98. The number of hydrogen-bond donors (Lipinski definition) is 2. The van der Waals surface area contributed by atoms with Crippen molar-refractivity contribution in [3.63, 3.8) is 0 Å². The van der Waals surface area contributed by atoms with Gasteiger partial charge in [-0.05, 0) is 12.8 Å². The normalized spacial score (nSPS) is 13.0. The Balaban J connectivity index is 2.95. The molecule has 0 aliphatic carbocycles. The van der Waals surface area contributed by atoms with Crippen molar-refractivity contribution >= 4 is 0 Å². The Morgan fingerprint density at radius 2 is 2.00 bits per heavy atom. The van der Waals surface area contributed by atoms with Crippen LogP contribution in [0.15, 0.2) is 12.7 Å². The van der Waals surface area contributed by atoms with Gasteiger partial charge in [0.1, 0.15) is 0 Å². The van der Waals surface area contributed by atoms with Crippen LogP contribution in [0.25, 0.3) is 0 Å². The van der Waals surface area contributed by atoms with Crippen LogP contribution in [0.4, 0.5) is 0 Å². The Morgan fingerprint density at radius 3 is 2.50 bits per heavy atom. The maximum absolute atomic E-state index is 8.98. The summed E-state index contributed by atoms with van der Waals surface area (Å²) in [7, 11) is 0. The summed E-state index contributed by atoms with van der Waals surface area (Å²) < 4.78 is 0. The Labute approximate surface area is 62.2 Å². The molecule has 0 fully saturated rings. The van der Waals surface area contributed by atoms with Crippen LogP contribution in [-0.4, -0.2) is 22.9 Å². The highest BCUT2D eigenvalue weighted by Gasteiger charge is 1.95. The summed E-state index contributed by atoms with van der Waals surface area (Å²) in [6, 6.07) is 0. The lowest BCUT2D eigenvalue weighted by atomic mass is 10.1. The number of hydrogen-bond acceptors (Lipinski definition) is 2. The standard InChI is InChI=1S/C8H16O2/c1-2-8(10)6-4-3-5-7-9/h2,8-10H,1,3-7H2/t8-/m1/s1. The minimum atomic E-state index is -0.362. The SMILES string of the molecule is C=C[C@@H](O)CCCCCO. The molecule has 0 aromatic rings. The molecule has 0 bridgehead atoms. The van der Waals surface area contributed by atoms with Crippen LogP contribution in [-0.2, 0) is 0 Å². The van der Waals surface area contributed by atoms with Crippen LogP contribution >= 0.6 is 0 Å². The first kappa shape index (κ1) is 9.66. The van der Waals surface area contributed by atoms with Gasteiger partial charge in [0.05, 0.1) is 6.10 Å². The largest absolute Gasteiger partial charge is 0.396 e. The summed E-state index contributed by atoms with van der Waals surface area (Å²) in [5.41, 5.74) is 0. The first-order chi connectivity index (χ1) is 4.81. The van der Waals surface area contributed by atoms with Crippen molar-refractivity contribution in [3.05, 3.63) is 12.7 Å². The molecule has 0 spiro atoms. The molecular formula is C8H16O2. The topological polar surface area (TPSA) is 40.5 Å². The molecule has 0 aromatic carbocycles. The Bertz CT molecular complexity index is 81.3. The van der Waals surface area contributed by atoms with Gasteiger partial charge in [0.2, 0.25) is 0 Å². The summed E-state index contributed by atoms with van der Waals surface area (Å²) in [5, 5.41) is 17.4. The van der Waals surface area contributed by atoms with Gasteiger partial charge >= 0.3 is 0 Å². The van der Waals surface area contributed by atoms with Gasteiger partial charge in [-0.15, -0.1) is 6.58 Å². The van der Waals surface area contributed by atoms with E-state index in [1.165, 1.54) is 0 Å². The third-order valence-corrected chi connectivity index (χ3v) is 1.43. The molecule has 0 saturated carbocycles. The molecule has 0 unspecified atom stereocenters. The third-order valence-electron chi connectivity index (χ3n) is 1.43. The monoisotopic (exact) mass is 144 g/mol. The molecule has 0 aliphatic rings. The molecular weight excluding hydrogens is 128 g/mol. The van der Waals surface area contributed by atoms with Crippen molar-refractivity contribution in [2.24, 2.45) is 0 Å². The molecule has 2 nitrogen and oxygen atoms in total. The molecule has 0 saturated heterocycles. The predicted molar refractivity (Wildman–Crippen MR) is 41.8 cm³/mol. The quantitative estimate of drug-likeness (QED) is 0.432. The number of rotatable bonds is 6. The summed E-state index contributed by atoms with van der Waals surface area (Å²) in [6.07, 6.45) is 4.74. The molecule has 2 N–H and O–H groups in total. The van der Waals surface area contributed by atoms with Crippen LogP contribution in [0.5, 0.6) is 0 Å². The molecule has 0 radical (unpaired) electrons. The van der Waals surface area contributed by atoms with Gasteiger partial charge in [-0.1, -0.05) is 18.9 Å². The van der Waals surface area contributed by atoms with Crippen LogP contribution < -0.4 is 0 Å². The molecule has 0 rings (SSSR count). The maximum Gasteiger partial charge on any atom is 0.0718 e. The van der Waals surface area contributed by atoms with Gasteiger partial charge in [-0.25, -0.2) is 0 Å². The van der Waals surface area contributed by atoms with Gasteiger partial charge in [-0.3, -0.25) is 0 Å². The molecule has 0 amide bonds. The lowest BCUT2D eigenvalue weighted by Crippen LogP contribution is -2.00. The van der Waals surface area contributed by atoms with E-state index in [4.69, 9.17) is 10.2 Å². The number of aliphatic hydroxyl groups is 2. The van der Waals surface area contributed by atoms with Crippen molar-refractivity contribution < 1.29 is 10.2 Å². The van der Waals surface area contributed by atoms with Gasteiger partial charge in [-0.2, -0.15) is 0 Å². The fourth-order valence-electron chi connectivity index (χ4n) is 0.760. The Kier molecular flexibility index (Phi) is 6.55. The Hall–Kier alpha value is -0.340. The van der Waals surface area contributed by atoms with E-state index in [0.29, 0.717) is 0 Å². The minimum Gasteiger partial charge on any atom is -0.396 e. The number of unbranched alkanes of at least 4 members (excludes halogenated alkanes) is 2. The van der Waals surface area contributed by atoms with Crippen LogP contribution in [0, 0.1) is 0 Å². The zero-order valence-corrected chi connectivity index (χ0v) is 6.29. The van der Waals surface area contributed by atoms with Crippen molar-refractivity contribution in [2.45, 2.75) is 31.8 Å². The lowest BCUT2D eigenvalue weighted by Gasteiger charge is -2.02. The predicted octanol–water partition coefficient (Wildman–Crippen LogP) is 1.09. The van der Waals surface area contributed by atoms with E-state index in [0.717, 1.165) is 25.7 Å². The highest BCUT2D eigenvalue weighted by molar-refractivity contribution is 4.77. The van der Waals surface area contributed by atoms with E-state index in [1.807, 2.05) is 0 Å². The second-order valence-electron chi connectivity index (χ2n) is 2.38. The van der Waals surface area contributed by atoms with Gasteiger partial charge < -0.3 is 10.2 Å². The van der Waals surface area contributed by atoms with Crippen LogP contribution in [0.3, 0.4) is 0 Å². The summed E-state index contributed by atoms with van der Waals surface area (Å²) in [6.45, 7) is 3.71. The smallest absolute Gasteiger partial charge is 0.0718 e. The fraction of sp³-hybridized carbons (Fsp3) is 0.750. The zero-order valence-electron chi connectivity index (χ0n) is 6.29. The van der Waals surface area contributed by atoms with Crippen molar-refractivity contribution in [1.29, 1.82) is 0 Å². The van der Waals surface area contributed by atoms with Crippen molar-refractivity contribution in [2.75, 3.05) is 6.61 Å². The second-order valence-corrected chi connectivity index (χ2v) is 2.38. The second kappa shape index (κ2) is 6.78. The van der Waals surface area contributed by atoms with Gasteiger partial charge in [0.25, 0.3) is 0 Å². The van der Waals surface area contributed by atoms with E-state index in [1.54, 1.807) is 6.08 Å². The van der Waals surface area contributed by atoms with Crippen molar-refractivity contribution in [3.8, 4) is 0 Å². The van der Waals surface area contributed by atoms with E-state index in [-0.39, 0.29) is 12.7 Å². The Morgan fingerprint density at radius 1 is 1.30 bits per heavy atom. The highest BCUT2D eigenvalue weighted by Crippen LogP contribution is 2.03. The van der Waals surface area contributed by atoms with E-state index < -0.39 is 0 Å². The van der Waals surface area contributed by atoms with Crippen LogP contribution in [0.2, 0.25) is 0 Å². The van der Waals surface area contributed by atoms with Gasteiger partial charge in [0.15, 0.2) is 0 Å².